The normalized spacial score (nSPS) is 14.7. The maximum Gasteiger partial charge on any atom is 0.130 e. The highest BCUT2D eigenvalue weighted by Crippen LogP contribution is 2.26. The van der Waals surface area contributed by atoms with Crippen molar-refractivity contribution in [3.05, 3.63) is 41.2 Å². The van der Waals surface area contributed by atoms with Gasteiger partial charge in [-0.15, -0.1) is 0 Å². The van der Waals surface area contributed by atoms with Crippen molar-refractivity contribution >= 4 is 0 Å². The van der Waals surface area contributed by atoms with Gasteiger partial charge < -0.3 is 4.74 Å². The molecule has 0 aliphatic carbocycles. The van der Waals surface area contributed by atoms with Crippen LogP contribution in [-0.4, -0.2) is 0 Å². The molecular weight excluding hydrogens is 148 g/mol. The van der Waals surface area contributed by atoms with Crippen LogP contribution in [0.2, 0.25) is 0 Å². The van der Waals surface area contributed by atoms with Crippen molar-refractivity contribution in [1.82, 2.24) is 0 Å². The number of ether oxygens (including phenoxy) is 1. The Hall–Kier alpha value is -1.24. The molecule has 0 bridgehead atoms. The summed E-state index contributed by atoms with van der Waals surface area (Å²) in [6, 6.07) is 6.30. The number of benzene rings is 1. The first kappa shape index (κ1) is 7.41. The number of aryl methyl sites for hydroxylation is 1. The molecule has 12 heavy (non-hydrogen) atoms. The Bertz CT molecular complexity index is 337. The van der Waals surface area contributed by atoms with Gasteiger partial charge in [0.2, 0.25) is 0 Å². The molecule has 0 unspecified atom stereocenters. The lowest BCUT2D eigenvalue weighted by Crippen LogP contribution is -2.01. The molecule has 0 N–H and O–H groups in total. The summed E-state index contributed by atoms with van der Waals surface area (Å²) in [6.45, 7) is 4.09. The molecule has 0 atom stereocenters. The zero-order valence-electron chi connectivity index (χ0n) is 7.42. The van der Waals surface area contributed by atoms with Crippen LogP contribution < -0.4 is 4.74 Å². The lowest BCUT2D eigenvalue weighted by Gasteiger charge is -2.15. The van der Waals surface area contributed by atoms with E-state index in [0.29, 0.717) is 0 Å². The minimum Gasteiger partial charge on any atom is -0.462 e. The maximum atomic E-state index is 5.55. The summed E-state index contributed by atoms with van der Waals surface area (Å²) >= 11 is 0. The molecule has 0 fully saturated rings. The Labute approximate surface area is 72.7 Å². The van der Waals surface area contributed by atoms with Gasteiger partial charge in [-0.25, -0.2) is 0 Å². The number of allylic oxidation sites excluding steroid dienone is 2. The van der Waals surface area contributed by atoms with E-state index in [4.69, 9.17) is 4.74 Å². The van der Waals surface area contributed by atoms with Crippen molar-refractivity contribution in [3.63, 3.8) is 0 Å². The second-order valence-electron chi connectivity index (χ2n) is 3.23. The van der Waals surface area contributed by atoms with Gasteiger partial charge in [0.25, 0.3) is 0 Å². The van der Waals surface area contributed by atoms with E-state index in [2.05, 4.69) is 25.1 Å². The van der Waals surface area contributed by atoms with Crippen LogP contribution in [0.25, 0.3) is 0 Å². The van der Waals surface area contributed by atoms with Crippen LogP contribution in [0.1, 0.15) is 18.1 Å². The monoisotopic (exact) mass is 160 g/mol. The molecule has 0 aromatic heterocycles. The molecule has 1 aliphatic heterocycles. The van der Waals surface area contributed by atoms with Crippen LogP contribution >= 0.6 is 0 Å². The molecule has 2 rings (SSSR count). The average Bonchev–Trinajstić information content (AvgIpc) is 2.05. The fraction of sp³-hybridized carbons (Fsp3) is 0.273. The van der Waals surface area contributed by atoms with E-state index in [0.717, 1.165) is 17.9 Å². The third-order valence-corrected chi connectivity index (χ3v) is 2.10. The van der Waals surface area contributed by atoms with Gasteiger partial charge in [0.05, 0.1) is 5.76 Å². The molecule has 0 saturated heterocycles. The number of hydrogen-bond acceptors (Lipinski definition) is 1. The van der Waals surface area contributed by atoms with E-state index in [9.17, 15) is 0 Å². The molecule has 0 amide bonds. The molecule has 1 nitrogen and oxygen atoms in total. The zero-order chi connectivity index (χ0) is 8.55. The van der Waals surface area contributed by atoms with Gasteiger partial charge in [-0.1, -0.05) is 17.7 Å². The Balaban J connectivity index is 2.43. The SMILES string of the molecule is CC1=CCc2cc(C)ccc2O1. The topological polar surface area (TPSA) is 9.23 Å². The predicted octanol–water partition coefficient (Wildman–Crippen LogP) is 2.83. The smallest absolute Gasteiger partial charge is 0.130 e. The van der Waals surface area contributed by atoms with Gasteiger partial charge in [-0.2, -0.15) is 0 Å². The van der Waals surface area contributed by atoms with Crippen molar-refractivity contribution in [1.29, 1.82) is 0 Å². The van der Waals surface area contributed by atoms with Crippen LogP contribution in [0.3, 0.4) is 0 Å². The lowest BCUT2D eigenvalue weighted by molar-refractivity contribution is 0.412. The summed E-state index contributed by atoms with van der Waals surface area (Å²) < 4.78 is 5.55. The summed E-state index contributed by atoms with van der Waals surface area (Å²) in [5.74, 6) is 2.02. The van der Waals surface area contributed by atoms with Gasteiger partial charge >= 0.3 is 0 Å². The molecule has 1 heterocycles. The van der Waals surface area contributed by atoms with Gasteiger partial charge in [0.1, 0.15) is 5.75 Å². The first-order valence-corrected chi connectivity index (χ1v) is 4.20. The summed E-state index contributed by atoms with van der Waals surface area (Å²) in [5.41, 5.74) is 2.59. The minimum atomic E-state index is 1.00. The zero-order valence-corrected chi connectivity index (χ0v) is 7.42. The molecule has 1 aromatic rings. The second kappa shape index (κ2) is 2.67. The highest BCUT2D eigenvalue weighted by atomic mass is 16.5. The second-order valence-corrected chi connectivity index (χ2v) is 3.23. The van der Waals surface area contributed by atoms with Crippen molar-refractivity contribution in [3.8, 4) is 5.75 Å². The summed E-state index contributed by atoms with van der Waals surface area (Å²) in [4.78, 5) is 0. The molecule has 1 heteroatoms. The highest BCUT2D eigenvalue weighted by molar-refractivity contribution is 5.41. The van der Waals surface area contributed by atoms with Crippen molar-refractivity contribution in [2.45, 2.75) is 20.3 Å². The number of rotatable bonds is 0. The van der Waals surface area contributed by atoms with Crippen LogP contribution in [0, 0.1) is 6.92 Å². The van der Waals surface area contributed by atoms with Crippen molar-refractivity contribution in [2.75, 3.05) is 0 Å². The molecule has 1 aromatic carbocycles. The van der Waals surface area contributed by atoms with Crippen LogP contribution in [0.4, 0.5) is 0 Å². The van der Waals surface area contributed by atoms with E-state index in [1.54, 1.807) is 0 Å². The fourth-order valence-electron chi connectivity index (χ4n) is 1.44. The third-order valence-electron chi connectivity index (χ3n) is 2.10. The van der Waals surface area contributed by atoms with E-state index >= 15 is 0 Å². The van der Waals surface area contributed by atoms with Crippen LogP contribution in [0.15, 0.2) is 30.0 Å². The highest BCUT2D eigenvalue weighted by Gasteiger charge is 2.08. The lowest BCUT2D eigenvalue weighted by atomic mass is 10.1. The standard InChI is InChI=1S/C11H12O/c1-8-3-6-11-10(7-8)5-4-9(2)12-11/h3-4,6-7H,5H2,1-2H3. The van der Waals surface area contributed by atoms with Crippen LogP contribution in [-0.2, 0) is 6.42 Å². The minimum absolute atomic E-state index is 1.00. The molecule has 0 spiro atoms. The van der Waals surface area contributed by atoms with E-state index in [1.165, 1.54) is 11.1 Å². The molecule has 0 saturated carbocycles. The van der Waals surface area contributed by atoms with E-state index in [-0.39, 0.29) is 0 Å². The van der Waals surface area contributed by atoms with Gasteiger partial charge in [0.15, 0.2) is 0 Å². The molecular formula is C11H12O. The Kier molecular flexibility index (Phi) is 1.65. The van der Waals surface area contributed by atoms with E-state index < -0.39 is 0 Å². The molecule has 62 valence electrons. The quantitative estimate of drug-likeness (QED) is 0.567. The van der Waals surface area contributed by atoms with Crippen LogP contribution in [0.5, 0.6) is 5.75 Å². The van der Waals surface area contributed by atoms with Gasteiger partial charge in [-0.05, 0) is 38.0 Å². The van der Waals surface area contributed by atoms with E-state index in [1.807, 2.05) is 13.0 Å². The van der Waals surface area contributed by atoms with Crippen molar-refractivity contribution < 1.29 is 4.74 Å². The third kappa shape index (κ3) is 1.22. The molecule has 1 aliphatic rings. The molecule has 0 radical (unpaired) electrons. The summed E-state index contributed by atoms with van der Waals surface area (Å²) in [6.07, 6.45) is 3.12. The average molecular weight is 160 g/mol. The van der Waals surface area contributed by atoms with Gasteiger partial charge in [-0.3, -0.25) is 0 Å². The van der Waals surface area contributed by atoms with Gasteiger partial charge in [0, 0.05) is 0 Å². The number of fused-ring (bicyclic) bond motifs is 1. The predicted molar refractivity (Wildman–Crippen MR) is 49.3 cm³/mol. The Morgan fingerprint density at radius 2 is 2.08 bits per heavy atom. The Morgan fingerprint density at radius 1 is 1.25 bits per heavy atom. The maximum absolute atomic E-state index is 5.55. The summed E-state index contributed by atoms with van der Waals surface area (Å²) in [5, 5.41) is 0. The first-order chi connectivity index (χ1) is 5.75. The van der Waals surface area contributed by atoms with Crippen molar-refractivity contribution in [2.24, 2.45) is 0 Å². The fourth-order valence-corrected chi connectivity index (χ4v) is 1.44. The largest absolute Gasteiger partial charge is 0.462 e. The summed E-state index contributed by atoms with van der Waals surface area (Å²) in [7, 11) is 0. The number of hydrogen-bond donors (Lipinski definition) is 0. The first-order valence-electron chi connectivity index (χ1n) is 4.20. The Morgan fingerprint density at radius 3 is 2.92 bits per heavy atom.